The van der Waals surface area contributed by atoms with Gasteiger partial charge in [-0.05, 0) is 34.6 Å². The number of rotatable bonds is 4. The first-order valence-corrected chi connectivity index (χ1v) is 10.2. The fourth-order valence-corrected chi connectivity index (χ4v) is 6.69. The lowest BCUT2D eigenvalue weighted by Gasteiger charge is -2.13. The number of benzene rings is 2. The minimum absolute atomic E-state index is 0.134. The van der Waals surface area contributed by atoms with Gasteiger partial charge in [-0.15, -0.1) is 0 Å². The molecule has 0 bridgehead atoms. The summed E-state index contributed by atoms with van der Waals surface area (Å²) in [5, 5.41) is 19.4. The van der Waals surface area contributed by atoms with Gasteiger partial charge in [-0.25, -0.2) is 0 Å². The fraction of sp³-hybridized carbons (Fsp3) is 0. The van der Waals surface area contributed by atoms with E-state index in [0.29, 0.717) is 9.77 Å². The summed E-state index contributed by atoms with van der Waals surface area (Å²) in [5.74, 6) is -0.373. The molecule has 0 radical (unpaired) electrons. The summed E-state index contributed by atoms with van der Waals surface area (Å²) in [4.78, 5) is 1.06. The molecule has 1 unspecified atom stereocenters. The Morgan fingerprint density at radius 2 is 1.71 bits per heavy atom. The maximum atomic E-state index is 11.0. The molecule has 1 aliphatic rings. The second kappa shape index (κ2) is 6.77. The van der Waals surface area contributed by atoms with Crippen LogP contribution in [0, 0.1) is 10.2 Å². The monoisotopic (exact) mass is 386 g/mol. The van der Waals surface area contributed by atoms with E-state index in [1.165, 1.54) is 12.1 Å². The first-order chi connectivity index (χ1) is 11.3. The zero-order valence-electron chi connectivity index (χ0n) is 11.9. The number of aromatic hydroxyl groups is 2. The molecule has 6 nitrogen and oxygen atoms in total. The lowest BCUT2D eigenvalue weighted by molar-refractivity contribution is -1.91. The predicted molar refractivity (Wildman–Crippen MR) is 84.6 cm³/mol. The third kappa shape index (κ3) is 3.93. The lowest BCUT2D eigenvalue weighted by atomic mass is 10.1. The van der Waals surface area contributed by atoms with Crippen molar-refractivity contribution in [2.24, 2.45) is 0 Å². The van der Waals surface area contributed by atoms with Crippen LogP contribution in [0.1, 0.15) is 11.1 Å². The molecule has 9 heteroatoms. The molecule has 1 atom stereocenters. The zero-order valence-corrected chi connectivity index (χ0v) is 14.3. The highest BCUT2D eigenvalue weighted by molar-refractivity contribution is 8.85. The van der Waals surface area contributed by atoms with Gasteiger partial charge in [0.2, 0.25) is 0 Å². The normalized spacial score (nSPS) is 17.9. The van der Waals surface area contributed by atoms with Crippen molar-refractivity contribution < 1.29 is 38.2 Å². The van der Waals surface area contributed by atoms with Gasteiger partial charge in [-0.3, -0.25) is 0 Å². The van der Waals surface area contributed by atoms with E-state index in [-0.39, 0.29) is 17.1 Å². The van der Waals surface area contributed by atoms with E-state index in [9.17, 15) is 24.2 Å². The van der Waals surface area contributed by atoms with Crippen molar-refractivity contribution in [3.8, 4) is 11.5 Å². The van der Waals surface area contributed by atoms with Crippen molar-refractivity contribution in [1.82, 2.24) is 0 Å². The van der Waals surface area contributed by atoms with Crippen LogP contribution < -0.4 is 14.0 Å². The number of phenolic OH excluding ortho intramolecular Hbond substituents is 2. The summed E-state index contributed by atoms with van der Waals surface area (Å²) in [6, 6.07) is 13.1. The fourth-order valence-electron chi connectivity index (χ4n) is 2.06. The molecule has 2 aromatic rings. The summed E-state index contributed by atoms with van der Waals surface area (Å²) in [7, 11) is -5.00. The Morgan fingerprint density at radius 1 is 1.00 bits per heavy atom. The Morgan fingerprint density at radius 3 is 2.33 bits per heavy atom. The molecule has 0 saturated heterocycles. The smallest absolute Gasteiger partial charge is 0.180 e. The number of hydrogen-bond acceptors (Lipinski definition) is 7. The van der Waals surface area contributed by atoms with Crippen LogP contribution in [0.15, 0.2) is 54.6 Å². The Hall–Kier alpha value is -1.52. The van der Waals surface area contributed by atoms with Gasteiger partial charge in [0.15, 0.2) is 9.80 Å². The third-order valence-electron chi connectivity index (χ3n) is 3.05. The highest BCUT2D eigenvalue weighted by atomic mass is 35.7. The first-order valence-electron chi connectivity index (χ1n) is 6.53. The Balaban J connectivity index is 2.06. The van der Waals surface area contributed by atoms with Crippen molar-refractivity contribution in [2.45, 2.75) is 0 Å². The van der Waals surface area contributed by atoms with E-state index in [2.05, 4.69) is 3.74 Å². The van der Waals surface area contributed by atoms with Crippen LogP contribution in [-0.2, 0) is 3.74 Å². The molecular formula is C15H11ClO6S2. The van der Waals surface area contributed by atoms with Gasteiger partial charge in [0.05, 0.1) is 15.1 Å². The van der Waals surface area contributed by atoms with Gasteiger partial charge < -0.3 is 10.2 Å². The SMILES string of the molecule is [O-][Cl+3]([O-])([O-])OS1=C(c2ccc(O)cc2O)C=C(c2ccccc2)S1. The molecule has 1 heterocycles. The summed E-state index contributed by atoms with van der Waals surface area (Å²) < 4.78 is 37.6. The average molecular weight is 387 g/mol. The van der Waals surface area contributed by atoms with Crippen LogP contribution >= 0.6 is 20.6 Å². The Labute approximate surface area is 145 Å². The highest BCUT2D eigenvalue weighted by Gasteiger charge is 2.32. The average Bonchev–Trinajstić information content (AvgIpc) is 2.90. The van der Waals surface area contributed by atoms with Gasteiger partial charge in [0.1, 0.15) is 15.2 Å². The molecule has 0 fully saturated rings. The Kier molecular flexibility index (Phi) is 4.88. The molecule has 0 aromatic heterocycles. The standard InChI is InChI=1S/C15H11ClO6S2/c17-11-6-7-12(13(18)8-11)15-9-14(10-4-2-1-3-5-10)23-24(15)22-16(19,20)21/h1-9,17-18H. The molecule has 2 aromatic carbocycles. The predicted octanol–water partition coefficient (Wildman–Crippen LogP) is 0.419. The van der Waals surface area contributed by atoms with E-state index in [1.54, 1.807) is 6.08 Å². The molecular weight excluding hydrogens is 376 g/mol. The largest absolute Gasteiger partial charge is 0.508 e. The van der Waals surface area contributed by atoms with Crippen molar-refractivity contribution >= 4 is 30.4 Å². The maximum absolute atomic E-state index is 11.0. The quantitative estimate of drug-likeness (QED) is 0.577. The van der Waals surface area contributed by atoms with E-state index in [0.717, 1.165) is 22.4 Å². The molecule has 0 amide bonds. The van der Waals surface area contributed by atoms with Crippen LogP contribution in [0.4, 0.5) is 0 Å². The number of halogens is 1. The van der Waals surface area contributed by atoms with Crippen molar-refractivity contribution in [1.29, 1.82) is 0 Å². The molecule has 2 N–H and O–H groups in total. The minimum atomic E-state index is -4.63. The van der Waals surface area contributed by atoms with E-state index >= 15 is 0 Å². The molecule has 3 rings (SSSR count). The summed E-state index contributed by atoms with van der Waals surface area (Å²) in [6.07, 6.45) is 1.66. The molecule has 126 valence electrons. The van der Waals surface area contributed by atoms with Crippen LogP contribution in [0.2, 0.25) is 0 Å². The minimum Gasteiger partial charge on any atom is -0.508 e. The third-order valence-corrected chi connectivity index (χ3v) is 7.50. The number of allylic oxidation sites excluding steroid dienone is 1. The van der Waals surface area contributed by atoms with Gasteiger partial charge in [0.25, 0.3) is 0 Å². The van der Waals surface area contributed by atoms with Crippen LogP contribution in [-0.4, -0.2) is 15.1 Å². The maximum Gasteiger partial charge on any atom is 0.180 e. The van der Waals surface area contributed by atoms with Crippen molar-refractivity contribution in [3.63, 3.8) is 0 Å². The molecule has 0 saturated carbocycles. The van der Waals surface area contributed by atoms with Crippen molar-refractivity contribution in [3.05, 3.63) is 65.7 Å². The van der Waals surface area contributed by atoms with Crippen LogP contribution in [0.25, 0.3) is 4.91 Å². The van der Waals surface area contributed by atoms with E-state index in [1.807, 2.05) is 30.3 Å². The van der Waals surface area contributed by atoms with E-state index in [4.69, 9.17) is 0 Å². The lowest BCUT2D eigenvalue weighted by Crippen LogP contribution is -2.60. The second-order valence-electron chi connectivity index (χ2n) is 4.70. The number of hydrogen-bond donors (Lipinski definition) is 2. The summed E-state index contributed by atoms with van der Waals surface area (Å²) >= 11 is 0. The second-order valence-corrected chi connectivity index (χ2v) is 8.88. The van der Waals surface area contributed by atoms with E-state index < -0.39 is 20.0 Å². The molecule has 1 aliphatic heterocycles. The van der Waals surface area contributed by atoms with Crippen molar-refractivity contribution in [2.75, 3.05) is 0 Å². The van der Waals surface area contributed by atoms with Gasteiger partial charge >= 0.3 is 0 Å². The highest BCUT2D eigenvalue weighted by Crippen LogP contribution is 2.52. The Bertz CT molecular complexity index is 830. The van der Waals surface area contributed by atoms with Gasteiger partial charge in [0, 0.05) is 16.5 Å². The van der Waals surface area contributed by atoms with Crippen LogP contribution in [0.3, 0.4) is 0 Å². The summed E-state index contributed by atoms with van der Waals surface area (Å²) in [6.45, 7) is 0. The number of phenols is 2. The zero-order chi connectivity index (χ0) is 17.3. The first kappa shape index (κ1) is 17.3. The summed E-state index contributed by atoms with van der Waals surface area (Å²) in [5.41, 5.74) is 1.12. The topological polar surface area (TPSA) is 119 Å². The van der Waals surface area contributed by atoms with Gasteiger partial charge in [-0.2, -0.15) is 14.0 Å². The molecule has 0 aliphatic carbocycles. The van der Waals surface area contributed by atoms with Crippen LogP contribution in [0.5, 0.6) is 11.5 Å². The molecule has 0 spiro atoms. The van der Waals surface area contributed by atoms with Gasteiger partial charge in [-0.1, -0.05) is 30.3 Å². The molecule has 24 heavy (non-hydrogen) atoms.